The zero-order valence-corrected chi connectivity index (χ0v) is 13.3. The first-order valence-corrected chi connectivity index (χ1v) is 6.99. The van der Waals surface area contributed by atoms with Crippen LogP contribution in [0.15, 0.2) is 30.6 Å². The molecule has 0 spiro atoms. The van der Waals surface area contributed by atoms with Crippen LogP contribution in [0.4, 0.5) is 5.69 Å². The van der Waals surface area contributed by atoms with Crippen LogP contribution < -0.4 is 10.1 Å². The lowest BCUT2D eigenvalue weighted by Gasteiger charge is -2.23. The van der Waals surface area contributed by atoms with Crippen molar-refractivity contribution in [2.75, 3.05) is 19.5 Å². The van der Waals surface area contributed by atoms with Gasteiger partial charge in [-0.25, -0.2) is 4.98 Å². The molecular weight excluding hydrogens is 282 g/mol. The molecule has 7 nitrogen and oxygen atoms in total. The lowest BCUT2D eigenvalue weighted by molar-refractivity contribution is -0.120. The van der Waals surface area contributed by atoms with E-state index in [2.05, 4.69) is 15.4 Å². The Morgan fingerprint density at radius 2 is 2.27 bits per heavy atom. The Bertz CT molecular complexity index is 640. The molecule has 0 radical (unpaired) electrons. The van der Waals surface area contributed by atoms with Crippen molar-refractivity contribution in [1.82, 2.24) is 19.7 Å². The van der Waals surface area contributed by atoms with Crippen LogP contribution in [0.1, 0.15) is 12.7 Å². The van der Waals surface area contributed by atoms with Crippen LogP contribution in [0.25, 0.3) is 0 Å². The molecule has 1 aromatic heterocycles. The van der Waals surface area contributed by atoms with Gasteiger partial charge in [0.05, 0.1) is 19.7 Å². The number of likely N-dealkylation sites (N-methyl/N-ethyl adjacent to an activating group) is 1. The number of aromatic nitrogens is 3. The second kappa shape index (κ2) is 7.04. The average Bonchev–Trinajstić information content (AvgIpc) is 2.91. The maximum Gasteiger partial charge on any atom is 0.241 e. The van der Waals surface area contributed by atoms with Crippen LogP contribution in [0, 0.1) is 0 Å². The predicted octanol–water partition coefficient (Wildman–Crippen LogP) is 1.28. The van der Waals surface area contributed by atoms with Gasteiger partial charge in [-0.1, -0.05) is 6.07 Å². The van der Waals surface area contributed by atoms with E-state index in [4.69, 9.17) is 4.74 Å². The normalized spacial score (nSPS) is 12.2. The second-order valence-corrected chi connectivity index (χ2v) is 5.11. The maximum atomic E-state index is 12.3. The van der Waals surface area contributed by atoms with Crippen molar-refractivity contribution in [1.29, 1.82) is 0 Å². The molecule has 0 aliphatic rings. The van der Waals surface area contributed by atoms with Gasteiger partial charge in [-0.3, -0.25) is 14.4 Å². The minimum atomic E-state index is -0.303. The number of nitrogens with zero attached hydrogens (tertiary/aromatic N) is 4. The fourth-order valence-electron chi connectivity index (χ4n) is 1.97. The molecule has 0 saturated heterocycles. The number of ether oxygens (including phenoxy) is 1. The summed E-state index contributed by atoms with van der Waals surface area (Å²) in [4.78, 5) is 18.4. The average molecular weight is 303 g/mol. The van der Waals surface area contributed by atoms with Crippen molar-refractivity contribution >= 4 is 11.6 Å². The largest absolute Gasteiger partial charge is 0.497 e. The molecular formula is C15H21N5O2. The molecule has 0 unspecified atom stereocenters. The zero-order chi connectivity index (χ0) is 16.1. The van der Waals surface area contributed by atoms with Gasteiger partial charge in [0.15, 0.2) is 0 Å². The third-order valence-corrected chi connectivity index (χ3v) is 3.57. The Kier molecular flexibility index (Phi) is 5.11. The van der Waals surface area contributed by atoms with E-state index in [1.807, 2.05) is 44.1 Å². The number of benzene rings is 1. The first-order chi connectivity index (χ1) is 10.5. The van der Waals surface area contributed by atoms with E-state index in [-0.39, 0.29) is 11.9 Å². The van der Waals surface area contributed by atoms with E-state index in [1.54, 1.807) is 17.9 Å². The highest BCUT2D eigenvalue weighted by Crippen LogP contribution is 2.17. The van der Waals surface area contributed by atoms with Crippen LogP contribution in [-0.4, -0.2) is 45.8 Å². The minimum absolute atomic E-state index is 0.0853. The van der Waals surface area contributed by atoms with E-state index >= 15 is 0 Å². The van der Waals surface area contributed by atoms with Crippen molar-refractivity contribution in [2.24, 2.45) is 7.05 Å². The summed E-state index contributed by atoms with van der Waals surface area (Å²) in [6.07, 6.45) is 1.50. The van der Waals surface area contributed by atoms with Crippen LogP contribution in [-0.2, 0) is 18.4 Å². The van der Waals surface area contributed by atoms with Gasteiger partial charge in [-0.05, 0) is 26.1 Å². The summed E-state index contributed by atoms with van der Waals surface area (Å²) in [6.45, 7) is 2.40. The Hall–Kier alpha value is -2.41. The molecule has 1 heterocycles. The first-order valence-electron chi connectivity index (χ1n) is 6.99. The quantitative estimate of drug-likeness (QED) is 0.870. The number of carbonyl (C=O) groups is 1. The number of amides is 1. The summed E-state index contributed by atoms with van der Waals surface area (Å²) >= 11 is 0. The van der Waals surface area contributed by atoms with Crippen LogP contribution in [0.3, 0.4) is 0 Å². The summed E-state index contributed by atoms with van der Waals surface area (Å²) < 4.78 is 6.85. The summed E-state index contributed by atoms with van der Waals surface area (Å²) in [5, 5.41) is 6.91. The highest BCUT2D eigenvalue weighted by Gasteiger charge is 2.19. The molecule has 7 heteroatoms. The van der Waals surface area contributed by atoms with Crippen LogP contribution >= 0.6 is 0 Å². The van der Waals surface area contributed by atoms with Gasteiger partial charge in [-0.2, -0.15) is 5.10 Å². The summed E-state index contributed by atoms with van der Waals surface area (Å²) in [7, 11) is 5.31. The van der Waals surface area contributed by atoms with E-state index in [0.717, 1.165) is 5.82 Å². The highest BCUT2D eigenvalue weighted by atomic mass is 16.5. The molecule has 22 heavy (non-hydrogen) atoms. The lowest BCUT2D eigenvalue weighted by atomic mass is 10.2. The molecule has 2 rings (SSSR count). The van der Waals surface area contributed by atoms with Crippen molar-refractivity contribution in [2.45, 2.75) is 19.5 Å². The molecule has 2 aromatic rings. The minimum Gasteiger partial charge on any atom is -0.497 e. The van der Waals surface area contributed by atoms with Gasteiger partial charge in [0, 0.05) is 18.8 Å². The number of carbonyl (C=O) groups excluding carboxylic acids is 1. The Morgan fingerprint density at radius 3 is 2.91 bits per heavy atom. The molecule has 0 saturated carbocycles. The van der Waals surface area contributed by atoms with E-state index in [0.29, 0.717) is 18.0 Å². The molecule has 118 valence electrons. The zero-order valence-electron chi connectivity index (χ0n) is 13.3. The number of hydrogen-bond acceptors (Lipinski definition) is 5. The maximum absolute atomic E-state index is 12.3. The van der Waals surface area contributed by atoms with Crippen LogP contribution in [0.2, 0.25) is 0 Å². The number of aryl methyl sites for hydroxylation is 1. The SMILES string of the molecule is COc1cccc(NC(=O)[C@@H](C)N(C)Cc2ncnn2C)c1. The Labute approximate surface area is 129 Å². The molecule has 1 N–H and O–H groups in total. The van der Waals surface area contributed by atoms with Gasteiger partial charge in [0.1, 0.15) is 17.9 Å². The van der Waals surface area contributed by atoms with Crippen molar-refractivity contribution in [3.05, 3.63) is 36.4 Å². The number of nitrogens with one attached hydrogen (secondary N) is 1. The van der Waals surface area contributed by atoms with Gasteiger partial charge < -0.3 is 10.1 Å². The Morgan fingerprint density at radius 1 is 1.50 bits per heavy atom. The van der Waals surface area contributed by atoms with Gasteiger partial charge in [0.25, 0.3) is 0 Å². The van der Waals surface area contributed by atoms with Crippen LogP contribution in [0.5, 0.6) is 5.75 Å². The number of rotatable bonds is 6. The smallest absolute Gasteiger partial charge is 0.241 e. The fraction of sp³-hybridized carbons (Fsp3) is 0.400. The van der Waals surface area contributed by atoms with E-state index in [9.17, 15) is 4.79 Å². The summed E-state index contributed by atoms with van der Waals surface area (Å²) in [5.74, 6) is 1.43. The van der Waals surface area contributed by atoms with Gasteiger partial charge in [0.2, 0.25) is 5.91 Å². The third kappa shape index (κ3) is 3.82. The molecule has 1 atom stereocenters. The third-order valence-electron chi connectivity index (χ3n) is 3.57. The summed E-state index contributed by atoms with van der Waals surface area (Å²) in [5.41, 5.74) is 0.711. The van der Waals surface area contributed by atoms with Gasteiger partial charge in [-0.15, -0.1) is 0 Å². The van der Waals surface area contributed by atoms with E-state index < -0.39 is 0 Å². The monoisotopic (exact) mass is 303 g/mol. The molecule has 0 fully saturated rings. The highest BCUT2D eigenvalue weighted by molar-refractivity contribution is 5.94. The molecule has 0 aliphatic carbocycles. The molecule has 0 bridgehead atoms. The second-order valence-electron chi connectivity index (χ2n) is 5.11. The van der Waals surface area contributed by atoms with Gasteiger partial charge >= 0.3 is 0 Å². The first kappa shape index (κ1) is 16.0. The van der Waals surface area contributed by atoms with Crippen molar-refractivity contribution < 1.29 is 9.53 Å². The van der Waals surface area contributed by atoms with Crippen molar-refractivity contribution in [3.63, 3.8) is 0 Å². The molecule has 1 aromatic carbocycles. The van der Waals surface area contributed by atoms with E-state index in [1.165, 1.54) is 6.33 Å². The summed E-state index contributed by atoms with van der Waals surface area (Å²) in [6, 6.07) is 6.98. The van der Waals surface area contributed by atoms with Crippen molar-refractivity contribution in [3.8, 4) is 5.75 Å². The fourth-order valence-corrected chi connectivity index (χ4v) is 1.97. The topological polar surface area (TPSA) is 72.3 Å². The number of anilines is 1. The molecule has 0 aliphatic heterocycles. The number of hydrogen-bond donors (Lipinski definition) is 1. The standard InChI is InChI=1S/C15H21N5O2/c1-11(19(2)9-14-16-10-17-20(14)3)15(21)18-12-6-5-7-13(8-12)22-4/h5-8,10-11H,9H2,1-4H3,(H,18,21)/t11-/m1/s1. The predicted molar refractivity (Wildman–Crippen MR) is 83.6 cm³/mol. The molecule has 1 amide bonds. The number of methoxy groups -OCH3 is 1. The Balaban J connectivity index is 1.97. The lowest BCUT2D eigenvalue weighted by Crippen LogP contribution is -2.39.